The second-order valence-corrected chi connectivity index (χ2v) is 5.49. The van der Waals surface area contributed by atoms with Crippen molar-refractivity contribution in [3.63, 3.8) is 0 Å². The highest BCUT2D eigenvalue weighted by Crippen LogP contribution is 2.18. The van der Waals surface area contributed by atoms with Crippen LogP contribution in [0, 0.1) is 0 Å². The maximum atomic E-state index is 9.35. The summed E-state index contributed by atoms with van der Waals surface area (Å²) < 4.78 is 5.83. The summed E-state index contributed by atoms with van der Waals surface area (Å²) in [6.07, 6.45) is 0.954. The molecule has 0 amide bonds. The molecule has 0 aliphatic rings. The molecule has 0 spiro atoms. The zero-order valence-corrected chi connectivity index (χ0v) is 11.1. The molecule has 0 rings (SSSR count). The van der Waals surface area contributed by atoms with Gasteiger partial charge in [0.15, 0.2) is 0 Å². The second-order valence-electron chi connectivity index (χ2n) is 5.49. The molecular weight excluding hydrogens is 190 g/mol. The van der Waals surface area contributed by atoms with E-state index >= 15 is 0 Å². The molecule has 0 aromatic rings. The Balaban J connectivity index is 4.18. The van der Waals surface area contributed by atoms with Crippen LogP contribution in [0.1, 0.15) is 48.0 Å². The number of hydrogen-bond acceptors (Lipinski definition) is 3. The second kappa shape index (κ2) is 5.83. The van der Waals surface area contributed by atoms with Crippen molar-refractivity contribution < 1.29 is 9.84 Å². The van der Waals surface area contributed by atoms with Gasteiger partial charge in [-0.15, -0.1) is 0 Å². The van der Waals surface area contributed by atoms with Crippen LogP contribution in [-0.4, -0.2) is 35.5 Å². The van der Waals surface area contributed by atoms with Crippen molar-refractivity contribution in [1.82, 2.24) is 5.32 Å². The van der Waals surface area contributed by atoms with Gasteiger partial charge in [-0.1, -0.05) is 6.92 Å². The minimum atomic E-state index is -0.237. The van der Waals surface area contributed by atoms with Gasteiger partial charge in [0.1, 0.15) is 0 Å². The number of ether oxygens (including phenoxy) is 1. The van der Waals surface area contributed by atoms with E-state index in [2.05, 4.69) is 12.2 Å². The smallest absolute Gasteiger partial charge is 0.0611 e. The van der Waals surface area contributed by atoms with Crippen LogP contribution in [0.25, 0.3) is 0 Å². The van der Waals surface area contributed by atoms with E-state index in [9.17, 15) is 5.11 Å². The van der Waals surface area contributed by atoms with Gasteiger partial charge in [0.05, 0.1) is 18.3 Å². The van der Waals surface area contributed by atoms with Gasteiger partial charge in [-0.05, 0) is 47.6 Å². The zero-order chi connectivity index (χ0) is 12.1. The van der Waals surface area contributed by atoms with Crippen molar-refractivity contribution >= 4 is 0 Å². The monoisotopic (exact) mass is 217 g/mol. The fourth-order valence-electron chi connectivity index (χ4n) is 1.90. The van der Waals surface area contributed by atoms with Gasteiger partial charge in [0, 0.05) is 5.54 Å². The predicted molar refractivity (Wildman–Crippen MR) is 64.1 cm³/mol. The molecule has 0 saturated carbocycles. The number of aliphatic hydroxyl groups excluding tert-OH is 1. The highest BCUT2D eigenvalue weighted by Gasteiger charge is 2.27. The summed E-state index contributed by atoms with van der Waals surface area (Å²) in [5, 5.41) is 12.6. The van der Waals surface area contributed by atoms with Crippen LogP contribution in [0.15, 0.2) is 0 Å². The molecule has 3 heteroatoms. The third-order valence-electron chi connectivity index (χ3n) is 2.25. The Kier molecular flexibility index (Phi) is 5.78. The van der Waals surface area contributed by atoms with Crippen LogP contribution in [0.3, 0.4) is 0 Å². The standard InChI is InChI=1S/C12H27NO2/c1-7-13-12(6,9-14)8-10(2)15-11(3,4)5/h10,13-14H,7-9H2,1-6H3. The molecule has 2 unspecified atom stereocenters. The van der Waals surface area contributed by atoms with Crippen molar-refractivity contribution in [1.29, 1.82) is 0 Å². The molecule has 0 bridgehead atoms. The molecule has 2 atom stereocenters. The fraction of sp³-hybridized carbons (Fsp3) is 1.00. The van der Waals surface area contributed by atoms with Gasteiger partial charge in [-0.2, -0.15) is 0 Å². The van der Waals surface area contributed by atoms with E-state index in [1.165, 1.54) is 0 Å². The molecule has 0 aliphatic carbocycles. The van der Waals surface area contributed by atoms with E-state index in [1.54, 1.807) is 0 Å². The van der Waals surface area contributed by atoms with E-state index < -0.39 is 0 Å². The topological polar surface area (TPSA) is 41.5 Å². The first-order chi connectivity index (χ1) is 6.72. The van der Waals surface area contributed by atoms with Crippen molar-refractivity contribution in [2.45, 2.75) is 65.2 Å². The summed E-state index contributed by atoms with van der Waals surface area (Å²) in [5.41, 5.74) is -0.360. The van der Waals surface area contributed by atoms with E-state index in [-0.39, 0.29) is 23.9 Å². The third kappa shape index (κ3) is 6.88. The molecular formula is C12H27NO2. The molecule has 3 nitrogen and oxygen atoms in total. The van der Waals surface area contributed by atoms with Crippen LogP contribution in [0.4, 0.5) is 0 Å². The molecule has 92 valence electrons. The molecule has 0 saturated heterocycles. The average Bonchev–Trinajstić information content (AvgIpc) is 2.00. The van der Waals surface area contributed by atoms with Crippen LogP contribution in [0.2, 0.25) is 0 Å². The molecule has 0 aromatic carbocycles. The third-order valence-corrected chi connectivity index (χ3v) is 2.25. The lowest BCUT2D eigenvalue weighted by Crippen LogP contribution is -2.48. The predicted octanol–water partition coefficient (Wildman–Crippen LogP) is 1.94. The van der Waals surface area contributed by atoms with Gasteiger partial charge in [0.25, 0.3) is 0 Å². The maximum absolute atomic E-state index is 9.35. The van der Waals surface area contributed by atoms with Gasteiger partial charge in [0.2, 0.25) is 0 Å². The lowest BCUT2D eigenvalue weighted by atomic mass is 9.95. The molecule has 0 heterocycles. The normalized spacial score (nSPS) is 18.6. The van der Waals surface area contributed by atoms with E-state index in [0.717, 1.165) is 13.0 Å². The Morgan fingerprint density at radius 1 is 1.27 bits per heavy atom. The van der Waals surface area contributed by atoms with Gasteiger partial charge < -0.3 is 15.2 Å². The first-order valence-corrected chi connectivity index (χ1v) is 5.76. The largest absolute Gasteiger partial charge is 0.394 e. The lowest BCUT2D eigenvalue weighted by molar-refractivity contribution is -0.0666. The Morgan fingerprint density at radius 2 is 1.80 bits per heavy atom. The number of hydrogen-bond donors (Lipinski definition) is 2. The minimum Gasteiger partial charge on any atom is -0.394 e. The molecule has 0 aromatic heterocycles. The summed E-state index contributed by atoms with van der Waals surface area (Å²) in [4.78, 5) is 0. The van der Waals surface area contributed by atoms with Crippen LogP contribution in [-0.2, 0) is 4.74 Å². The van der Waals surface area contributed by atoms with E-state index in [1.807, 2.05) is 34.6 Å². The van der Waals surface area contributed by atoms with Crippen molar-refractivity contribution in [3.05, 3.63) is 0 Å². The average molecular weight is 217 g/mol. The minimum absolute atomic E-state index is 0.123. The molecule has 0 radical (unpaired) electrons. The SMILES string of the molecule is CCNC(C)(CO)CC(C)OC(C)(C)C. The number of nitrogens with one attached hydrogen (secondary N) is 1. The lowest BCUT2D eigenvalue weighted by Gasteiger charge is -2.34. The number of rotatable bonds is 6. The Hall–Kier alpha value is -0.120. The molecule has 15 heavy (non-hydrogen) atoms. The first-order valence-electron chi connectivity index (χ1n) is 5.76. The summed E-state index contributed by atoms with van der Waals surface area (Å²) >= 11 is 0. The summed E-state index contributed by atoms with van der Waals surface area (Å²) in [7, 11) is 0. The molecule has 0 fully saturated rings. The number of aliphatic hydroxyl groups is 1. The Morgan fingerprint density at radius 3 is 2.13 bits per heavy atom. The summed E-state index contributed by atoms with van der Waals surface area (Å²) in [5.74, 6) is 0. The Labute approximate surface area is 94.2 Å². The highest BCUT2D eigenvalue weighted by molar-refractivity contribution is 4.84. The van der Waals surface area contributed by atoms with E-state index in [4.69, 9.17) is 4.74 Å². The van der Waals surface area contributed by atoms with E-state index in [0.29, 0.717) is 0 Å². The quantitative estimate of drug-likeness (QED) is 0.714. The van der Waals surface area contributed by atoms with Crippen LogP contribution >= 0.6 is 0 Å². The molecule has 2 N–H and O–H groups in total. The summed E-state index contributed by atoms with van der Waals surface area (Å²) in [6.45, 7) is 13.3. The Bertz CT molecular complexity index is 177. The molecule has 0 aliphatic heterocycles. The van der Waals surface area contributed by atoms with Gasteiger partial charge in [-0.25, -0.2) is 0 Å². The fourth-order valence-corrected chi connectivity index (χ4v) is 1.90. The zero-order valence-electron chi connectivity index (χ0n) is 11.1. The highest BCUT2D eigenvalue weighted by atomic mass is 16.5. The van der Waals surface area contributed by atoms with Crippen LogP contribution in [0.5, 0.6) is 0 Å². The van der Waals surface area contributed by atoms with Crippen molar-refractivity contribution in [3.8, 4) is 0 Å². The van der Waals surface area contributed by atoms with Crippen LogP contribution < -0.4 is 5.32 Å². The summed E-state index contributed by atoms with van der Waals surface area (Å²) in [6, 6.07) is 0. The first kappa shape index (κ1) is 14.9. The van der Waals surface area contributed by atoms with Gasteiger partial charge >= 0.3 is 0 Å². The van der Waals surface area contributed by atoms with Crippen molar-refractivity contribution in [2.75, 3.05) is 13.2 Å². The van der Waals surface area contributed by atoms with Gasteiger partial charge in [-0.3, -0.25) is 0 Å². The van der Waals surface area contributed by atoms with Crippen molar-refractivity contribution in [2.24, 2.45) is 0 Å². The maximum Gasteiger partial charge on any atom is 0.0611 e. The number of likely N-dealkylation sites (N-methyl/N-ethyl adjacent to an activating group) is 1.